The predicted octanol–water partition coefficient (Wildman–Crippen LogP) is 3.68. The molecule has 23 heavy (non-hydrogen) atoms. The van der Waals surface area contributed by atoms with Crippen LogP contribution in [-0.2, 0) is 0 Å². The van der Waals surface area contributed by atoms with Crippen LogP contribution < -0.4 is 10.6 Å². The second-order valence-electron chi connectivity index (χ2n) is 6.37. The fraction of sp³-hybridized carbons (Fsp3) is 0.750. The van der Waals surface area contributed by atoms with E-state index in [0.29, 0.717) is 11.8 Å². The molecule has 1 unspecified atom stereocenters. The maximum Gasteiger partial charge on any atom is 0.263 e. The minimum absolute atomic E-state index is 0. The Morgan fingerprint density at radius 3 is 2.65 bits per heavy atom. The molecular weight excluding hydrogens is 353 g/mol. The van der Waals surface area contributed by atoms with Crippen LogP contribution in [0.25, 0.3) is 0 Å². The van der Waals surface area contributed by atoms with E-state index in [9.17, 15) is 4.79 Å². The molecule has 1 atom stereocenters. The van der Waals surface area contributed by atoms with Crippen LogP contribution in [0.5, 0.6) is 0 Å². The maximum atomic E-state index is 12.4. The lowest BCUT2D eigenvalue weighted by molar-refractivity contribution is 0.0948. The Labute approximate surface area is 155 Å². The van der Waals surface area contributed by atoms with Crippen molar-refractivity contribution in [1.82, 2.24) is 15.6 Å². The van der Waals surface area contributed by atoms with Crippen molar-refractivity contribution >= 4 is 42.1 Å². The first-order valence-electron chi connectivity index (χ1n) is 8.20. The molecule has 2 aliphatic rings. The monoisotopic (exact) mass is 379 g/mol. The molecule has 2 N–H and O–H groups in total. The Bertz CT molecular complexity index is 498. The zero-order valence-electron chi connectivity index (χ0n) is 13.6. The normalized spacial score (nSPS) is 21.3. The second-order valence-corrected chi connectivity index (χ2v) is 7.40. The lowest BCUT2D eigenvalue weighted by atomic mass is 10.00. The van der Waals surface area contributed by atoms with Gasteiger partial charge in [-0.2, -0.15) is 0 Å². The van der Waals surface area contributed by atoms with Crippen molar-refractivity contribution in [1.29, 1.82) is 0 Å². The van der Waals surface area contributed by atoms with E-state index < -0.39 is 0 Å². The van der Waals surface area contributed by atoms with Gasteiger partial charge in [0.25, 0.3) is 5.91 Å². The fourth-order valence-corrected chi connectivity index (χ4v) is 4.54. The third kappa shape index (κ3) is 5.31. The number of thiazole rings is 1. The molecule has 0 aromatic carbocycles. The number of rotatable bonds is 4. The Balaban J connectivity index is 0.00000132. The number of nitrogens with one attached hydrogen (secondary N) is 2. The van der Waals surface area contributed by atoms with Gasteiger partial charge in [-0.1, -0.05) is 12.8 Å². The van der Waals surface area contributed by atoms with E-state index in [1.165, 1.54) is 43.5 Å². The smallest absolute Gasteiger partial charge is 0.263 e. The highest BCUT2D eigenvalue weighted by atomic mass is 35.5. The summed E-state index contributed by atoms with van der Waals surface area (Å²) in [5.74, 6) is 1.24. The predicted molar refractivity (Wildman–Crippen MR) is 100 cm³/mol. The van der Waals surface area contributed by atoms with Crippen molar-refractivity contribution in [3.63, 3.8) is 0 Å². The average Bonchev–Trinajstić information content (AvgIpc) is 3.15. The number of amides is 1. The van der Waals surface area contributed by atoms with Gasteiger partial charge in [0, 0.05) is 12.5 Å². The molecule has 3 rings (SSSR count). The molecule has 1 aliphatic carbocycles. The molecule has 1 aliphatic heterocycles. The van der Waals surface area contributed by atoms with Gasteiger partial charge in [0.15, 0.2) is 0 Å². The average molecular weight is 380 g/mol. The molecule has 4 nitrogen and oxygen atoms in total. The first kappa shape index (κ1) is 20.7. The second kappa shape index (κ2) is 9.82. The molecule has 0 bridgehead atoms. The van der Waals surface area contributed by atoms with E-state index in [4.69, 9.17) is 0 Å². The van der Waals surface area contributed by atoms with Crippen molar-refractivity contribution in [2.45, 2.75) is 51.4 Å². The number of hydrogen-bond donors (Lipinski definition) is 2. The fourth-order valence-electron chi connectivity index (χ4n) is 3.39. The van der Waals surface area contributed by atoms with Crippen molar-refractivity contribution in [3.05, 3.63) is 15.6 Å². The van der Waals surface area contributed by atoms with E-state index in [1.54, 1.807) is 11.3 Å². The van der Waals surface area contributed by atoms with Crippen LogP contribution in [-0.4, -0.2) is 30.5 Å². The van der Waals surface area contributed by atoms with Gasteiger partial charge in [-0.15, -0.1) is 36.2 Å². The van der Waals surface area contributed by atoms with Crippen LogP contribution in [0.15, 0.2) is 0 Å². The maximum absolute atomic E-state index is 12.4. The van der Waals surface area contributed by atoms with Crippen LogP contribution in [0.4, 0.5) is 0 Å². The Morgan fingerprint density at radius 2 is 2.00 bits per heavy atom. The third-order valence-electron chi connectivity index (χ3n) is 4.67. The molecule has 1 aromatic heterocycles. The minimum atomic E-state index is 0. The van der Waals surface area contributed by atoms with Crippen molar-refractivity contribution in [2.24, 2.45) is 5.92 Å². The largest absolute Gasteiger partial charge is 0.351 e. The highest BCUT2D eigenvalue weighted by molar-refractivity contribution is 7.13. The number of carbonyl (C=O) groups excluding carboxylic acids is 1. The van der Waals surface area contributed by atoms with Crippen molar-refractivity contribution in [2.75, 3.05) is 19.6 Å². The number of carbonyl (C=O) groups is 1. The Hall–Kier alpha value is -0.360. The summed E-state index contributed by atoms with van der Waals surface area (Å²) < 4.78 is 0. The summed E-state index contributed by atoms with van der Waals surface area (Å²) >= 11 is 1.61. The van der Waals surface area contributed by atoms with E-state index in [2.05, 4.69) is 15.6 Å². The molecule has 1 aromatic rings. The van der Waals surface area contributed by atoms with Crippen LogP contribution in [0.1, 0.15) is 64.8 Å². The number of aromatic nitrogens is 1. The van der Waals surface area contributed by atoms with Gasteiger partial charge in [-0.05, 0) is 51.6 Å². The first-order valence-corrected chi connectivity index (χ1v) is 9.02. The molecular formula is C16H27Cl2N3OS. The number of nitrogens with zero attached hydrogens (tertiary/aromatic N) is 1. The van der Waals surface area contributed by atoms with Gasteiger partial charge in [0.2, 0.25) is 0 Å². The quantitative estimate of drug-likeness (QED) is 0.838. The van der Waals surface area contributed by atoms with E-state index >= 15 is 0 Å². The topological polar surface area (TPSA) is 54.0 Å². The van der Waals surface area contributed by atoms with Gasteiger partial charge < -0.3 is 10.6 Å². The molecule has 1 saturated carbocycles. The molecule has 7 heteroatoms. The SMILES string of the molecule is Cc1nc(C2CCCC2)sc1C(=O)NCC1CCCNC1.Cl.Cl. The molecule has 2 heterocycles. The van der Waals surface area contributed by atoms with Crippen LogP contribution in [0.3, 0.4) is 0 Å². The van der Waals surface area contributed by atoms with Gasteiger partial charge in [-0.25, -0.2) is 4.98 Å². The summed E-state index contributed by atoms with van der Waals surface area (Å²) in [6.45, 7) is 4.88. The lowest BCUT2D eigenvalue weighted by Crippen LogP contribution is -2.38. The summed E-state index contributed by atoms with van der Waals surface area (Å²) in [6, 6.07) is 0. The third-order valence-corrected chi connectivity index (χ3v) is 5.99. The summed E-state index contributed by atoms with van der Waals surface area (Å²) in [7, 11) is 0. The Kier molecular flexibility index (Phi) is 8.83. The Morgan fingerprint density at radius 1 is 1.26 bits per heavy atom. The zero-order chi connectivity index (χ0) is 14.7. The van der Waals surface area contributed by atoms with Gasteiger partial charge in [0.1, 0.15) is 4.88 Å². The number of piperidine rings is 1. The zero-order valence-corrected chi connectivity index (χ0v) is 16.0. The highest BCUT2D eigenvalue weighted by Crippen LogP contribution is 2.37. The first-order chi connectivity index (χ1) is 10.2. The van der Waals surface area contributed by atoms with Crippen molar-refractivity contribution < 1.29 is 4.79 Å². The highest BCUT2D eigenvalue weighted by Gasteiger charge is 2.24. The van der Waals surface area contributed by atoms with Gasteiger partial charge >= 0.3 is 0 Å². The minimum Gasteiger partial charge on any atom is -0.351 e. The van der Waals surface area contributed by atoms with E-state index in [1.807, 2.05) is 6.92 Å². The number of hydrogen-bond acceptors (Lipinski definition) is 4. The van der Waals surface area contributed by atoms with Gasteiger partial charge in [0.05, 0.1) is 10.7 Å². The summed E-state index contributed by atoms with van der Waals surface area (Å²) in [6.07, 6.45) is 7.51. The van der Waals surface area contributed by atoms with E-state index in [-0.39, 0.29) is 30.7 Å². The molecule has 1 amide bonds. The molecule has 0 spiro atoms. The van der Waals surface area contributed by atoms with Gasteiger partial charge in [-0.3, -0.25) is 4.79 Å². The van der Waals surface area contributed by atoms with Crippen LogP contribution >= 0.6 is 36.2 Å². The summed E-state index contributed by atoms with van der Waals surface area (Å²) in [5.41, 5.74) is 0.904. The molecule has 1 saturated heterocycles. The molecule has 0 radical (unpaired) electrons. The van der Waals surface area contributed by atoms with Crippen molar-refractivity contribution in [3.8, 4) is 0 Å². The number of aryl methyl sites for hydroxylation is 1. The summed E-state index contributed by atoms with van der Waals surface area (Å²) in [4.78, 5) is 17.8. The number of halogens is 2. The van der Waals surface area contributed by atoms with E-state index in [0.717, 1.165) is 30.2 Å². The molecule has 132 valence electrons. The summed E-state index contributed by atoms with van der Waals surface area (Å²) in [5, 5.41) is 7.67. The standard InChI is InChI=1S/C16H25N3OS.2ClH/c1-11-14(21-16(19-11)13-6-2-3-7-13)15(20)18-10-12-5-4-8-17-9-12;;/h12-13,17H,2-10H2,1H3,(H,18,20);2*1H. The lowest BCUT2D eigenvalue weighted by Gasteiger charge is -2.22. The molecule has 2 fully saturated rings. The van der Waals surface area contributed by atoms with Crippen LogP contribution in [0, 0.1) is 12.8 Å². The van der Waals surface area contributed by atoms with Crippen LogP contribution in [0.2, 0.25) is 0 Å².